The molecule has 1 aromatic carbocycles. The summed E-state index contributed by atoms with van der Waals surface area (Å²) in [7, 11) is 0. The molecule has 3 N–H and O–H groups in total. The van der Waals surface area contributed by atoms with Gasteiger partial charge in [-0.1, -0.05) is 6.07 Å². The van der Waals surface area contributed by atoms with Gasteiger partial charge in [0, 0.05) is 6.42 Å². The number of aromatic amines is 1. The van der Waals surface area contributed by atoms with Crippen molar-refractivity contribution >= 4 is 22.6 Å². The van der Waals surface area contributed by atoms with Gasteiger partial charge in [-0.15, -0.1) is 0 Å². The number of hydrogen-bond donors (Lipinski definition) is 3. The number of amides is 1. The summed E-state index contributed by atoms with van der Waals surface area (Å²) in [5.41, 5.74) is 1.91. The molecule has 7 heteroatoms. The van der Waals surface area contributed by atoms with Crippen LogP contribution < -0.4 is 10.6 Å². The standard InChI is InChI=1S/C12H12F2N4O/c13-12(14)4-9(15-5-12)11(19)18-8-3-1-2-7-10(8)17-6-16-7/h1-3,6,9,15H,4-5H2,(H,16,17)(H,18,19)/t9-/m1/s1. The topological polar surface area (TPSA) is 69.8 Å². The zero-order chi connectivity index (χ0) is 13.5. The SMILES string of the molecule is O=C(Nc1cccc2[nH]cnc12)[C@H]1CC(F)(F)CN1. The van der Waals surface area contributed by atoms with Gasteiger partial charge in [-0.2, -0.15) is 0 Å². The first-order chi connectivity index (χ1) is 9.05. The van der Waals surface area contributed by atoms with E-state index in [0.717, 1.165) is 5.52 Å². The molecule has 0 bridgehead atoms. The molecule has 1 atom stereocenters. The van der Waals surface area contributed by atoms with Crippen LogP contribution in [-0.4, -0.2) is 34.4 Å². The summed E-state index contributed by atoms with van der Waals surface area (Å²) in [6.07, 6.45) is 1.04. The predicted octanol–water partition coefficient (Wildman–Crippen LogP) is 1.50. The van der Waals surface area contributed by atoms with Crippen molar-refractivity contribution in [2.24, 2.45) is 0 Å². The third-order valence-corrected chi connectivity index (χ3v) is 3.13. The molecule has 1 saturated heterocycles. The molecule has 1 aliphatic rings. The van der Waals surface area contributed by atoms with E-state index in [-0.39, 0.29) is 0 Å². The molecule has 1 amide bonds. The van der Waals surface area contributed by atoms with Crippen molar-refractivity contribution in [1.82, 2.24) is 15.3 Å². The number of para-hydroxylation sites is 1. The van der Waals surface area contributed by atoms with Gasteiger partial charge in [0.2, 0.25) is 5.91 Å². The van der Waals surface area contributed by atoms with Crippen LogP contribution in [0.5, 0.6) is 0 Å². The van der Waals surface area contributed by atoms with Gasteiger partial charge < -0.3 is 10.3 Å². The van der Waals surface area contributed by atoms with Crippen LogP contribution in [0.4, 0.5) is 14.5 Å². The average molecular weight is 266 g/mol. The normalized spacial score (nSPS) is 21.7. The molecule has 100 valence electrons. The highest BCUT2D eigenvalue weighted by Gasteiger charge is 2.42. The molecule has 19 heavy (non-hydrogen) atoms. The van der Waals surface area contributed by atoms with Crippen molar-refractivity contribution in [3.8, 4) is 0 Å². The maximum absolute atomic E-state index is 13.0. The number of aromatic nitrogens is 2. The van der Waals surface area contributed by atoms with Crippen molar-refractivity contribution in [2.45, 2.75) is 18.4 Å². The maximum atomic E-state index is 13.0. The number of H-pyrrole nitrogens is 1. The van der Waals surface area contributed by atoms with Crippen LogP contribution in [0.25, 0.3) is 11.0 Å². The van der Waals surface area contributed by atoms with Crippen molar-refractivity contribution in [3.05, 3.63) is 24.5 Å². The zero-order valence-electron chi connectivity index (χ0n) is 9.91. The van der Waals surface area contributed by atoms with Gasteiger partial charge in [0.1, 0.15) is 5.52 Å². The van der Waals surface area contributed by atoms with E-state index in [4.69, 9.17) is 0 Å². The predicted molar refractivity (Wildman–Crippen MR) is 66.1 cm³/mol. The van der Waals surface area contributed by atoms with Crippen LogP contribution in [0.3, 0.4) is 0 Å². The van der Waals surface area contributed by atoms with Crippen LogP contribution >= 0.6 is 0 Å². The number of hydrogen-bond acceptors (Lipinski definition) is 3. The highest BCUT2D eigenvalue weighted by molar-refractivity contribution is 6.01. The first kappa shape index (κ1) is 12.0. The first-order valence-electron chi connectivity index (χ1n) is 5.89. The lowest BCUT2D eigenvalue weighted by Gasteiger charge is -2.11. The summed E-state index contributed by atoms with van der Waals surface area (Å²) in [5.74, 6) is -3.28. The minimum Gasteiger partial charge on any atom is -0.345 e. The fourth-order valence-electron chi connectivity index (χ4n) is 2.19. The van der Waals surface area contributed by atoms with E-state index in [1.54, 1.807) is 12.1 Å². The van der Waals surface area contributed by atoms with Gasteiger partial charge in [-0.3, -0.25) is 10.1 Å². The summed E-state index contributed by atoms with van der Waals surface area (Å²) >= 11 is 0. The van der Waals surface area contributed by atoms with E-state index in [9.17, 15) is 13.6 Å². The molecule has 3 rings (SSSR count). The van der Waals surface area contributed by atoms with Gasteiger partial charge in [-0.25, -0.2) is 13.8 Å². The number of benzene rings is 1. The number of carbonyl (C=O) groups is 1. The Hall–Kier alpha value is -2.02. The molecule has 1 aromatic heterocycles. The van der Waals surface area contributed by atoms with Gasteiger partial charge in [0.15, 0.2) is 0 Å². The molecule has 0 spiro atoms. The molecule has 2 heterocycles. The molecule has 1 fully saturated rings. The molecule has 5 nitrogen and oxygen atoms in total. The van der Waals surface area contributed by atoms with Crippen LogP contribution in [0.1, 0.15) is 6.42 Å². The Kier molecular flexibility index (Phi) is 2.70. The average Bonchev–Trinajstić information content (AvgIpc) is 2.95. The second-order valence-corrected chi connectivity index (χ2v) is 4.59. The lowest BCUT2D eigenvalue weighted by atomic mass is 10.1. The Morgan fingerprint density at radius 2 is 2.32 bits per heavy atom. The van der Waals surface area contributed by atoms with Gasteiger partial charge in [-0.05, 0) is 12.1 Å². The summed E-state index contributed by atoms with van der Waals surface area (Å²) in [5, 5.41) is 5.15. The van der Waals surface area contributed by atoms with E-state index >= 15 is 0 Å². The quantitative estimate of drug-likeness (QED) is 0.771. The van der Waals surface area contributed by atoms with E-state index in [0.29, 0.717) is 11.2 Å². The number of nitrogens with zero attached hydrogens (tertiary/aromatic N) is 1. The fourth-order valence-corrected chi connectivity index (χ4v) is 2.19. The molecule has 0 unspecified atom stereocenters. The van der Waals surface area contributed by atoms with Crippen LogP contribution in [-0.2, 0) is 4.79 Å². The van der Waals surface area contributed by atoms with Gasteiger partial charge in [0.05, 0.1) is 30.1 Å². The number of rotatable bonds is 2. The van der Waals surface area contributed by atoms with Crippen molar-refractivity contribution < 1.29 is 13.6 Å². The Morgan fingerprint density at radius 3 is 3.05 bits per heavy atom. The lowest BCUT2D eigenvalue weighted by Crippen LogP contribution is -2.35. The fraction of sp³-hybridized carbons (Fsp3) is 0.333. The number of imidazole rings is 1. The minimum absolute atomic E-state index is 0.461. The molecule has 2 aromatic rings. The zero-order valence-corrected chi connectivity index (χ0v) is 9.91. The summed E-state index contributed by atoms with van der Waals surface area (Å²) in [6, 6.07) is 4.39. The molecule has 0 aliphatic carbocycles. The summed E-state index contributed by atoms with van der Waals surface area (Å²) < 4.78 is 26.1. The Labute approximate surface area is 107 Å². The summed E-state index contributed by atoms with van der Waals surface area (Å²) in [6.45, 7) is -0.461. The van der Waals surface area contributed by atoms with Crippen molar-refractivity contribution in [1.29, 1.82) is 0 Å². The number of halogens is 2. The molecule has 1 aliphatic heterocycles. The molecular weight excluding hydrogens is 254 g/mol. The van der Waals surface area contributed by atoms with Crippen LogP contribution in [0, 0.1) is 0 Å². The van der Waals surface area contributed by atoms with Crippen LogP contribution in [0.15, 0.2) is 24.5 Å². The number of nitrogens with one attached hydrogen (secondary N) is 3. The highest BCUT2D eigenvalue weighted by atomic mass is 19.3. The number of fused-ring (bicyclic) bond motifs is 1. The van der Waals surface area contributed by atoms with Crippen LogP contribution in [0.2, 0.25) is 0 Å². The second-order valence-electron chi connectivity index (χ2n) is 4.59. The highest BCUT2D eigenvalue weighted by Crippen LogP contribution is 2.26. The number of anilines is 1. The number of carbonyl (C=O) groups excluding carboxylic acids is 1. The molecular formula is C12H12F2N4O. The molecule has 0 saturated carbocycles. The van der Waals surface area contributed by atoms with Gasteiger partial charge >= 0.3 is 0 Å². The van der Waals surface area contributed by atoms with Crippen molar-refractivity contribution in [3.63, 3.8) is 0 Å². The maximum Gasteiger partial charge on any atom is 0.262 e. The lowest BCUT2D eigenvalue weighted by molar-refractivity contribution is -0.118. The Morgan fingerprint density at radius 1 is 1.47 bits per heavy atom. The van der Waals surface area contributed by atoms with Gasteiger partial charge in [0.25, 0.3) is 5.92 Å². The van der Waals surface area contributed by atoms with E-state index in [1.807, 2.05) is 6.07 Å². The Balaban J connectivity index is 1.78. The molecule has 0 radical (unpaired) electrons. The third kappa shape index (κ3) is 2.28. The first-order valence-corrected chi connectivity index (χ1v) is 5.89. The second kappa shape index (κ2) is 4.27. The van der Waals surface area contributed by atoms with E-state index in [2.05, 4.69) is 20.6 Å². The van der Waals surface area contributed by atoms with E-state index < -0.39 is 30.8 Å². The van der Waals surface area contributed by atoms with Crippen molar-refractivity contribution in [2.75, 3.05) is 11.9 Å². The smallest absolute Gasteiger partial charge is 0.262 e. The summed E-state index contributed by atoms with van der Waals surface area (Å²) in [4.78, 5) is 18.9. The Bertz CT molecular complexity index is 625. The largest absolute Gasteiger partial charge is 0.345 e. The van der Waals surface area contributed by atoms with E-state index in [1.165, 1.54) is 6.33 Å². The third-order valence-electron chi connectivity index (χ3n) is 3.13. The number of alkyl halides is 2. The monoisotopic (exact) mass is 266 g/mol. The minimum atomic E-state index is -2.82.